The van der Waals surface area contributed by atoms with Crippen LogP contribution in [0.1, 0.15) is 114 Å². The zero-order valence-electron chi connectivity index (χ0n) is 30.5. The molecule has 0 bridgehead atoms. The van der Waals surface area contributed by atoms with E-state index < -0.39 is 5.41 Å². The van der Waals surface area contributed by atoms with Crippen LogP contribution >= 0.6 is 0 Å². The SMILES string of the molecule is Cc1nn(-c2[c-]c(Oc3[c-]c(C(C)(C)c4cc(C(C)(C)C)ccn4)n4c(C(C)C)c(C(C)C)nc4c3)ccc2)c(C)c1-c1ccccc1.[Pt+2]. The Labute approximate surface area is 306 Å². The van der Waals surface area contributed by atoms with Gasteiger partial charge in [-0.1, -0.05) is 98.3 Å². The van der Waals surface area contributed by atoms with Gasteiger partial charge in [0.25, 0.3) is 0 Å². The summed E-state index contributed by atoms with van der Waals surface area (Å²) >= 11 is 0. The molecule has 0 saturated heterocycles. The van der Waals surface area contributed by atoms with Crippen LogP contribution in [0.3, 0.4) is 0 Å². The molecule has 4 aromatic heterocycles. The standard InChI is InChI=1S/C42H47N5O.Pt/c1-26(2)39-40(27(3)4)46-36(42(10,11)35-22-31(20-21-43-35)41(7,8)9)24-34(25-37(46)44-39)48-33-19-15-18-32(23-33)47-29(6)38(28(5)45-47)30-16-13-12-14-17-30;/h12-22,25-27H,1-11H3;/q-2;+2. The van der Waals surface area contributed by atoms with Gasteiger partial charge in [0.15, 0.2) is 0 Å². The molecule has 0 atom stereocenters. The Morgan fingerprint density at radius 3 is 2.16 bits per heavy atom. The van der Waals surface area contributed by atoms with E-state index in [-0.39, 0.29) is 38.3 Å². The fraction of sp³-hybridized carbons (Fsp3) is 0.357. The number of aryl methyl sites for hydroxylation is 1. The monoisotopic (exact) mass is 832 g/mol. The Kier molecular flexibility index (Phi) is 10.1. The Hall–Kier alpha value is -4.02. The third-order valence-electron chi connectivity index (χ3n) is 9.20. The van der Waals surface area contributed by atoms with E-state index in [1.807, 2.05) is 48.1 Å². The van der Waals surface area contributed by atoms with Gasteiger partial charge < -0.3 is 9.14 Å². The molecule has 0 N–H and O–H groups in total. The van der Waals surface area contributed by atoms with Crippen LogP contribution in [0.25, 0.3) is 22.5 Å². The maximum atomic E-state index is 6.60. The van der Waals surface area contributed by atoms with E-state index in [1.165, 1.54) is 11.3 Å². The molecule has 0 amide bonds. The maximum absolute atomic E-state index is 6.60. The van der Waals surface area contributed by atoms with Crippen LogP contribution < -0.4 is 4.74 Å². The van der Waals surface area contributed by atoms with E-state index in [9.17, 15) is 0 Å². The van der Waals surface area contributed by atoms with Gasteiger partial charge in [-0.3, -0.25) is 14.6 Å². The number of benzene rings is 2. The summed E-state index contributed by atoms with van der Waals surface area (Å²) in [6.45, 7) is 24.2. The number of aromatic nitrogens is 5. The largest absolute Gasteiger partial charge is 2.00 e. The van der Waals surface area contributed by atoms with Crippen molar-refractivity contribution in [3.05, 3.63) is 125 Å². The minimum atomic E-state index is -0.513. The summed E-state index contributed by atoms with van der Waals surface area (Å²) in [6, 6.07) is 29.8. The van der Waals surface area contributed by atoms with E-state index in [2.05, 4.69) is 122 Å². The first-order valence-corrected chi connectivity index (χ1v) is 16.9. The summed E-state index contributed by atoms with van der Waals surface area (Å²) in [7, 11) is 0. The maximum Gasteiger partial charge on any atom is 2.00 e. The zero-order chi connectivity index (χ0) is 34.5. The van der Waals surface area contributed by atoms with Crippen molar-refractivity contribution in [2.45, 2.75) is 98.8 Å². The Morgan fingerprint density at radius 2 is 1.51 bits per heavy atom. The predicted octanol–water partition coefficient (Wildman–Crippen LogP) is 10.5. The molecule has 0 fully saturated rings. The van der Waals surface area contributed by atoms with Crippen LogP contribution in [0.4, 0.5) is 0 Å². The summed E-state index contributed by atoms with van der Waals surface area (Å²) < 4.78 is 10.8. The van der Waals surface area contributed by atoms with E-state index in [0.717, 1.165) is 50.9 Å². The zero-order valence-corrected chi connectivity index (χ0v) is 32.8. The van der Waals surface area contributed by atoms with Crippen molar-refractivity contribution in [1.29, 1.82) is 0 Å². The molecule has 6 rings (SSSR count). The second-order valence-electron chi connectivity index (χ2n) is 15.0. The van der Waals surface area contributed by atoms with Crippen molar-refractivity contribution in [3.63, 3.8) is 0 Å². The molecule has 2 aromatic carbocycles. The number of ether oxygens (including phenoxy) is 1. The third-order valence-corrected chi connectivity index (χ3v) is 9.20. The minimum absolute atomic E-state index is 0. The summed E-state index contributed by atoms with van der Waals surface area (Å²) in [6.07, 6.45) is 1.93. The fourth-order valence-corrected chi connectivity index (χ4v) is 6.59. The molecule has 0 radical (unpaired) electrons. The molecule has 256 valence electrons. The van der Waals surface area contributed by atoms with E-state index in [0.29, 0.717) is 11.5 Å². The first kappa shape index (κ1) is 36.3. The van der Waals surface area contributed by atoms with E-state index in [4.69, 9.17) is 19.8 Å². The van der Waals surface area contributed by atoms with Gasteiger partial charge >= 0.3 is 21.1 Å². The van der Waals surface area contributed by atoms with Crippen molar-refractivity contribution >= 4 is 5.65 Å². The predicted molar refractivity (Wildman–Crippen MR) is 195 cm³/mol. The van der Waals surface area contributed by atoms with Crippen molar-refractivity contribution in [3.8, 4) is 28.3 Å². The summed E-state index contributed by atoms with van der Waals surface area (Å²) in [5.74, 6) is 1.68. The van der Waals surface area contributed by atoms with Gasteiger partial charge in [-0.25, -0.2) is 0 Å². The van der Waals surface area contributed by atoms with E-state index in [1.54, 1.807) is 0 Å². The molecule has 4 heterocycles. The first-order chi connectivity index (χ1) is 22.7. The van der Waals surface area contributed by atoms with Gasteiger partial charge in [-0.15, -0.1) is 24.3 Å². The second-order valence-corrected chi connectivity index (χ2v) is 15.0. The van der Waals surface area contributed by atoms with Gasteiger partial charge in [0.1, 0.15) is 0 Å². The minimum Gasteiger partial charge on any atom is -0.521 e. The molecule has 6 aromatic rings. The number of pyridine rings is 2. The average Bonchev–Trinajstić information content (AvgIpc) is 3.58. The summed E-state index contributed by atoms with van der Waals surface area (Å²) in [5, 5.41) is 4.90. The number of nitrogens with zero attached hydrogens (tertiary/aromatic N) is 5. The van der Waals surface area contributed by atoms with E-state index >= 15 is 0 Å². The van der Waals surface area contributed by atoms with Crippen LogP contribution in [-0.4, -0.2) is 24.1 Å². The normalized spacial score (nSPS) is 12.2. The molecule has 0 unspecified atom stereocenters. The molecule has 49 heavy (non-hydrogen) atoms. The van der Waals surface area contributed by atoms with Gasteiger partial charge in [0.05, 0.1) is 22.7 Å². The molecule has 6 nitrogen and oxygen atoms in total. The van der Waals surface area contributed by atoms with Gasteiger partial charge in [-0.2, -0.15) is 17.2 Å². The third kappa shape index (κ3) is 6.90. The van der Waals surface area contributed by atoms with Crippen molar-refractivity contribution in [2.24, 2.45) is 0 Å². The van der Waals surface area contributed by atoms with Gasteiger partial charge in [0, 0.05) is 34.3 Å². The molecule has 0 spiro atoms. The van der Waals surface area contributed by atoms with Crippen LogP contribution in [0.15, 0.2) is 72.9 Å². The second kappa shape index (κ2) is 13.7. The number of fused-ring (bicyclic) bond motifs is 1. The van der Waals surface area contributed by atoms with Crippen molar-refractivity contribution < 1.29 is 25.8 Å². The van der Waals surface area contributed by atoms with Crippen molar-refractivity contribution in [2.75, 3.05) is 0 Å². The van der Waals surface area contributed by atoms with Crippen molar-refractivity contribution in [1.82, 2.24) is 24.1 Å². The molecule has 0 aliphatic rings. The quantitative estimate of drug-likeness (QED) is 0.143. The smallest absolute Gasteiger partial charge is 0.521 e. The fourth-order valence-electron chi connectivity index (χ4n) is 6.59. The van der Waals surface area contributed by atoms with Gasteiger partial charge in [0.2, 0.25) is 0 Å². The topological polar surface area (TPSA) is 57.2 Å². The number of hydrogen-bond donors (Lipinski definition) is 0. The summed E-state index contributed by atoms with van der Waals surface area (Å²) in [4.78, 5) is 10.1. The molecular weight excluding hydrogens is 786 g/mol. The molecule has 0 saturated carbocycles. The van der Waals surface area contributed by atoms with Crippen LogP contribution in [0.2, 0.25) is 0 Å². The molecule has 0 aliphatic heterocycles. The summed E-state index contributed by atoms with van der Waals surface area (Å²) in [5.41, 5.74) is 10.9. The number of hydrogen-bond acceptors (Lipinski definition) is 4. The van der Waals surface area contributed by atoms with Crippen LogP contribution in [0, 0.1) is 26.0 Å². The Morgan fingerprint density at radius 1 is 0.796 bits per heavy atom. The average molecular weight is 833 g/mol. The Balaban J connectivity index is 0.00000468. The van der Waals surface area contributed by atoms with Crippen LogP contribution in [0.5, 0.6) is 11.5 Å². The first-order valence-electron chi connectivity index (χ1n) is 16.9. The Bertz CT molecular complexity index is 2100. The van der Waals surface area contributed by atoms with Gasteiger partial charge in [-0.05, 0) is 65.8 Å². The number of rotatable bonds is 8. The number of imidazole rings is 1. The molecule has 7 heteroatoms. The molecular formula is C42H47N5OPt. The van der Waals surface area contributed by atoms with Crippen LogP contribution in [-0.2, 0) is 31.9 Å². The molecule has 0 aliphatic carbocycles.